The van der Waals surface area contributed by atoms with Crippen LogP contribution in [-0.4, -0.2) is 82.6 Å². The Labute approximate surface area is 284 Å². The van der Waals surface area contributed by atoms with Crippen molar-refractivity contribution in [3.8, 4) is 0 Å². The van der Waals surface area contributed by atoms with Crippen molar-refractivity contribution in [2.75, 3.05) is 7.11 Å². The Morgan fingerprint density at radius 2 is 1.62 bits per heavy atom. The first-order valence-electron chi connectivity index (χ1n) is 15.4. The van der Waals surface area contributed by atoms with Gasteiger partial charge in [0.2, 0.25) is 5.91 Å². The molecule has 1 aliphatic carbocycles. The molecule has 4 atom stereocenters. The quantitative estimate of drug-likeness (QED) is 0.136. The largest absolute Gasteiger partial charge is 0.497 e. The molecule has 5 N–H and O–H groups in total. The van der Waals surface area contributed by atoms with Gasteiger partial charge >= 0.3 is 20.2 Å². The Balaban J connectivity index is 1.40. The van der Waals surface area contributed by atoms with E-state index in [1.54, 1.807) is 31.4 Å². The first-order chi connectivity index (χ1) is 22.8. The van der Waals surface area contributed by atoms with Gasteiger partial charge in [0, 0.05) is 17.2 Å². The number of carboxylic acids is 1. The summed E-state index contributed by atoms with van der Waals surface area (Å²) in [4.78, 5) is 53.2. The minimum absolute atomic E-state index is 0.111. The number of nitrogens with one attached hydrogen (secondary N) is 2. The summed E-state index contributed by atoms with van der Waals surface area (Å²) in [5, 5.41) is 35.6. The van der Waals surface area contributed by atoms with Crippen LogP contribution >= 0.6 is 12.8 Å². The van der Waals surface area contributed by atoms with E-state index in [9.17, 15) is 34.3 Å². The average molecular weight is 677 g/mol. The highest BCUT2D eigenvalue weighted by Crippen LogP contribution is 2.35. The van der Waals surface area contributed by atoms with Gasteiger partial charge in [0.25, 0.3) is 11.8 Å². The van der Waals surface area contributed by atoms with E-state index in [1.165, 1.54) is 25.1 Å². The van der Waals surface area contributed by atoms with Gasteiger partial charge in [0.15, 0.2) is 0 Å². The number of aliphatic carboxylic acids is 1. The van der Waals surface area contributed by atoms with Crippen molar-refractivity contribution in [2.45, 2.75) is 64.4 Å². The molecule has 5 rings (SSSR count). The predicted molar refractivity (Wildman–Crippen MR) is 179 cm³/mol. The van der Waals surface area contributed by atoms with E-state index < -0.39 is 67.9 Å². The molecule has 2 aliphatic heterocycles. The fourth-order valence-corrected chi connectivity index (χ4v) is 6.59. The number of hydrogen-bond donors (Lipinski definition) is 6. The Morgan fingerprint density at radius 3 is 2.19 bits per heavy atom. The Hall–Kier alpha value is -4.08. The Kier molecular flexibility index (Phi) is 10.7. The molecule has 1 unspecified atom stereocenters. The monoisotopic (exact) mass is 677 g/mol. The third-order valence-corrected chi connectivity index (χ3v) is 9.26. The lowest BCUT2D eigenvalue weighted by Gasteiger charge is -2.35. The van der Waals surface area contributed by atoms with Crippen molar-refractivity contribution in [3.05, 3.63) is 82.6 Å². The van der Waals surface area contributed by atoms with Crippen molar-refractivity contribution in [1.82, 2.24) is 14.9 Å². The summed E-state index contributed by atoms with van der Waals surface area (Å²) in [6, 6.07) is 6.02. The summed E-state index contributed by atoms with van der Waals surface area (Å²) in [5.74, 6) is -2.48. The molecule has 2 aromatic carbocycles. The van der Waals surface area contributed by atoms with Crippen LogP contribution in [0.2, 0.25) is 0 Å². The van der Waals surface area contributed by atoms with Gasteiger partial charge in [-0.2, -0.15) is 0 Å². The number of nitrogens with zero attached hydrogens (tertiary/aromatic N) is 1. The number of carbonyl (C=O) groups excluding carboxylic acids is 3. The van der Waals surface area contributed by atoms with Crippen molar-refractivity contribution in [2.24, 2.45) is 5.41 Å². The highest BCUT2D eigenvalue weighted by Gasteiger charge is 2.38. The zero-order valence-corrected chi connectivity index (χ0v) is 27.6. The molecule has 0 radical (unpaired) electrons. The molecule has 2 aromatic rings. The maximum atomic E-state index is 14.1. The van der Waals surface area contributed by atoms with E-state index >= 15 is 0 Å². The first-order valence-corrected chi connectivity index (χ1v) is 15.8. The SMILES string of the molecule is COC1=CCC(C)(C[C@@H](CC(=O)O)NC(=O)[C@H]([C@H](C)NC(=O)c2ccc3c(c2)B(O)OC3)N(S)C(=O)c2ccc3c(c2)B(O)OC3)C=C1. The van der Waals surface area contributed by atoms with Gasteiger partial charge in [-0.05, 0) is 83.7 Å². The maximum absolute atomic E-state index is 14.1. The third-order valence-electron chi connectivity index (χ3n) is 8.83. The molecule has 13 nitrogen and oxygen atoms in total. The van der Waals surface area contributed by atoms with Crippen molar-refractivity contribution < 1.29 is 48.4 Å². The standard InChI is InChI=1S/C32H37B2N3O10S/c1-18(35-29(40)19-4-6-21-16-46-33(43)25(21)12-19)28(37(48)31(42)20-5-7-22-17-47-34(44)26(22)13-20)30(41)36-23(14-27(38)39)15-32(2)10-8-24(45-3)9-11-32/h4-10,12-13,18,23,28,43-44,48H,11,14-17H2,1-3H3,(H,35,40)(H,36,41)(H,38,39)/t18-,23+,28-,32?/m0/s1. The van der Waals surface area contributed by atoms with Crippen molar-refractivity contribution >= 4 is 61.7 Å². The zero-order chi connectivity index (χ0) is 34.7. The van der Waals surface area contributed by atoms with Gasteiger partial charge in [0.05, 0.1) is 32.8 Å². The number of amides is 3. The number of benzene rings is 2. The van der Waals surface area contributed by atoms with Crippen LogP contribution in [0.15, 0.2) is 60.4 Å². The van der Waals surface area contributed by atoms with Gasteiger partial charge in [-0.15, -0.1) is 0 Å². The predicted octanol–water partition coefficient (Wildman–Crippen LogP) is 0.442. The number of thiol groups is 1. The molecule has 0 saturated carbocycles. The fourth-order valence-electron chi connectivity index (χ4n) is 6.17. The lowest BCUT2D eigenvalue weighted by molar-refractivity contribution is -0.138. The molecule has 3 amide bonds. The number of carboxylic acid groups (broad SMARTS) is 1. The first kappa shape index (κ1) is 35.2. The van der Waals surface area contributed by atoms with Crippen LogP contribution in [0.5, 0.6) is 0 Å². The van der Waals surface area contributed by atoms with Crippen LogP contribution in [0, 0.1) is 5.41 Å². The molecule has 0 saturated heterocycles. The fraction of sp³-hybridized carbons (Fsp3) is 0.375. The van der Waals surface area contributed by atoms with Crippen LogP contribution in [0.3, 0.4) is 0 Å². The molecule has 0 fully saturated rings. The van der Waals surface area contributed by atoms with E-state index in [2.05, 4.69) is 23.4 Å². The molecule has 48 heavy (non-hydrogen) atoms. The number of allylic oxidation sites excluding steroid dienone is 3. The van der Waals surface area contributed by atoms with Crippen LogP contribution in [0.1, 0.15) is 65.0 Å². The maximum Gasteiger partial charge on any atom is 0.491 e. The van der Waals surface area contributed by atoms with E-state index in [0.717, 1.165) is 9.87 Å². The third kappa shape index (κ3) is 7.79. The number of carbonyl (C=O) groups is 4. The highest BCUT2D eigenvalue weighted by atomic mass is 32.1. The molecule has 0 bridgehead atoms. The number of rotatable bonds is 12. The molecular weight excluding hydrogens is 640 g/mol. The molecule has 2 heterocycles. The minimum Gasteiger partial charge on any atom is -0.497 e. The molecule has 0 spiro atoms. The molecule has 0 aromatic heterocycles. The topological polar surface area (TPSA) is 184 Å². The van der Waals surface area contributed by atoms with E-state index in [4.69, 9.17) is 14.0 Å². The number of ether oxygens (including phenoxy) is 1. The van der Waals surface area contributed by atoms with Crippen molar-refractivity contribution in [3.63, 3.8) is 0 Å². The van der Waals surface area contributed by atoms with Gasteiger partial charge in [-0.25, -0.2) is 0 Å². The van der Waals surface area contributed by atoms with Gasteiger partial charge in [-0.1, -0.05) is 37.9 Å². The van der Waals surface area contributed by atoms with E-state index in [-0.39, 0.29) is 30.8 Å². The van der Waals surface area contributed by atoms with Crippen LogP contribution in [0.25, 0.3) is 0 Å². The number of methoxy groups -OCH3 is 1. The second-order valence-corrected chi connectivity index (χ2v) is 13.0. The van der Waals surface area contributed by atoms with Gasteiger partial charge in [-0.3, -0.25) is 23.5 Å². The van der Waals surface area contributed by atoms with Crippen LogP contribution in [-0.2, 0) is 36.8 Å². The number of fused-ring (bicyclic) bond motifs is 2. The molecule has 3 aliphatic rings. The minimum atomic E-state index is -1.42. The van der Waals surface area contributed by atoms with Crippen LogP contribution in [0.4, 0.5) is 0 Å². The summed E-state index contributed by atoms with van der Waals surface area (Å²) in [5.41, 5.74) is 2.11. The van der Waals surface area contributed by atoms with Gasteiger partial charge in [0.1, 0.15) is 11.8 Å². The lowest BCUT2D eigenvalue weighted by atomic mass is 9.77. The van der Waals surface area contributed by atoms with Gasteiger partial charge < -0.3 is 39.8 Å². The summed E-state index contributed by atoms with van der Waals surface area (Å²) in [6.45, 7) is 3.85. The lowest BCUT2D eigenvalue weighted by Crippen LogP contribution is -2.58. The summed E-state index contributed by atoms with van der Waals surface area (Å²) in [7, 11) is -0.830. The molecule has 16 heteroatoms. The second-order valence-electron chi connectivity index (χ2n) is 12.5. The summed E-state index contributed by atoms with van der Waals surface area (Å²) >= 11 is 4.45. The Morgan fingerprint density at radius 1 is 1.02 bits per heavy atom. The van der Waals surface area contributed by atoms with Crippen LogP contribution < -0.4 is 21.6 Å². The smallest absolute Gasteiger partial charge is 0.491 e. The Bertz CT molecular complexity index is 1670. The van der Waals surface area contributed by atoms with E-state index in [0.29, 0.717) is 28.7 Å². The second kappa shape index (κ2) is 14.6. The molecular formula is C32H37B2N3O10S. The number of hydrogen-bond acceptors (Lipinski definition) is 10. The van der Waals surface area contributed by atoms with E-state index in [1.807, 2.05) is 19.1 Å². The summed E-state index contributed by atoms with van der Waals surface area (Å²) in [6.07, 6.45) is 5.99. The average Bonchev–Trinajstić information content (AvgIpc) is 3.61. The van der Waals surface area contributed by atoms with Crippen molar-refractivity contribution in [1.29, 1.82) is 0 Å². The zero-order valence-electron chi connectivity index (χ0n) is 26.7. The summed E-state index contributed by atoms with van der Waals surface area (Å²) < 4.78 is 16.6. The highest BCUT2D eigenvalue weighted by molar-refractivity contribution is 7.78. The molecule has 252 valence electrons. The normalized spacial score (nSPS) is 19.8.